The first kappa shape index (κ1) is 13.1. The quantitative estimate of drug-likeness (QED) is 0.634. The molecule has 6 heteroatoms. The van der Waals surface area contributed by atoms with Gasteiger partial charge in [-0.15, -0.1) is 0 Å². The van der Waals surface area contributed by atoms with E-state index < -0.39 is 23.7 Å². The third kappa shape index (κ3) is 2.93. The molecule has 1 heterocycles. The summed E-state index contributed by atoms with van der Waals surface area (Å²) in [6.45, 7) is 0. The van der Waals surface area contributed by atoms with Crippen LogP contribution in [0.25, 0.3) is 0 Å². The van der Waals surface area contributed by atoms with Crippen molar-refractivity contribution in [1.29, 1.82) is 0 Å². The van der Waals surface area contributed by atoms with Crippen molar-refractivity contribution in [2.45, 2.75) is 44.2 Å². The highest BCUT2D eigenvalue weighted by Gasteiger charge is 2.23. The third-order valence-corrected chi connectivity index (χ3v) is 3.19. The molecular weight excluding hydrogens is 245 g/mol. The molecule has 2 N–H and O–H groups in total. The van der Waals surface area contributed by atoms with Gasteiger partial charge in [0.25, 0.3) is 5.95 Å². The van der Waals surface area contributed by atoms with Crippen molar-refractivity contribution >= 4 is 5.82 Å². The molecule has 2 rings (SSSR count). The van der Waals surface area contributed by atoms with Gasteiger partial charge in [-0.1, -0.05) is 19.3 Å². The molecule has 0 spiro atoms. The molecule has 1 aromatic heterocycles. The van der Waals surface area contributed by atoms with Gasteiger partial charge in [-0.25, -0.2) is 8.78 Å². The number of rotatable bonds is 2. The Hall–Kier alpha value is -1.30. The zero-order valence-corrected chi connectivity index (χ0v) is 9.80. The van der Waals surface area contributed by atoms with Gasteiger partial charge >= 0.3 is 0 Å². The summed E-state index contributed by atoms with van der Waals surface area (Å²) in [5, 5.41) is 12.5. The molecular formula is C12H15F3N2O. The van der Waals surface area contributed by atoms with Gasteiger partial charge < -0.3 is 10.4 Å². The number of hydrogen-bond donors (Lipinski definition) is 2. The Morgan fingerprint density at radius 2 is 1.83 bits per heavy atom. The van der Waals surface area contributed by atoms with Gasteiger partial charge in [0, 0.05) is 6.07 Å². The van der Waals surface area contributed by atoms with Crippen molar-refractivity contribution in [3.05, 3.63) is 23.6 Å². The van der Waals surface area contributed by atoms with Crippen molar-refractivity contribution in [3.63, 3.8) is 0 Å². The number of nitrogens with one attached hydrogen (secondary N) is 1. The Labute approximate surface area is 103 Å². The molecule has 1 saturated carbocycles. The summed E-state index contributed by atoms with van der Waals surface area (Å²) in [6.07, 6.45) is 3.46. The molecule has 1 fully saturated rings. The van der Waals surface area contributed by atoms with Gasteiger partial charge in [0.2, 0.25) is 0 Å². The Balaban J connectivity index is 2.14. The highest BCUT2D eigenvalue weighted by atomic mass is 19.2. The normalized spacial score (nSPS) is 24.7. The summed E-state index contributed by atoms with van der Waals surface area (Å²) >= 11 is 0. The van der Waals surface area contributed by atoms with Crippen LogP contribution in [0.15, 0.2) is 6.07 Å². The Morgan fingerprint density at radius 3 is 2.61 bits per heavy atom. The standard InChI is InChI=1S/C12H15F3N2O/c13-7-6-8(14)12(17-11(7)15)16-9-4-2-1-3-5-10(9)18/h6,9-10,18H,1-5H2,(H,16,17). The van der Waals surface area contributed by atoms with Crippen LogP contribution in [0.4, 0.5) is 19.0 Å². The molecule has 18 heavy (non-hydrogen) atoms. The number of aliphatic hydroxyl groups is 1. The molecule has 2 unspecified atom stereocenters. The van der Waals surface area contributed by atoms with Crippen LogP contribution in [-0.4, -0.2) is 22.2 Å². The van der Waals surface area contributed by atoms with Crippen LogP contribution in [0.3, 0.4) is 0 Å². The first-order valence-corrected chi connectivity index (χ1v) is 6.04. The first-order valence-electron chi connectivity index (χ1n) is 6.04. The van der Waals surface area contributed by atoms with E-state index in [1.165, 1.54) is 0 Å². The lowest BCUT2D eigenvalue weighted by atomic mass is 10.1. The van der Waals surface area contributed by atoms with E-state index in [9.17, 15) is 18.3 Å². The summed E-state index contributed by atoms with van der Waals surface area (Å²) in [7, 11) is 0. The number of nitrogens with zero attached hydrogens (tertiary/aromatic N) is 1. The van der Waals surface area contributed by atoms with Gasteiger partial charge in [0.05, 0.1) is 12.1 Å². The molecule has 100 valence electrons. The van der Waals surface area contributed by atoms with Crippen LogP contribution in [0.2, 0.25) is 0 Å². The maximum atomic E-state index is 13.4. The molecule has 1 aromatic rings. The van der Waals surface area contributed by atoms with Crippen LogP contribution in [0, 0.1) is 17.6 Å². The van der Waals surface area contributed by atoms with E-state index in [4.69, 9.17) is 0 Å². The average Bonchev–Trinajstić information content (AvgIpc) is 2.52. The molecule has 3 nitrogen and oxygen atoms in total. The van der Waals surface area contributed by atoms with E-state index in [0.717, 1.165) is 19.3 Å². The van der Waals surface area contributed by atoms with Gasteiger partial charge in [-0.3, -0.25) is 0 Å². The number of halogens is 3. The SMILES string of the molecule is OC1CCCCCC1Nc1nc(F)c(F)cc1F. The lowest BCUT2D eigenvalue weighted by molar-refractivity contribution is 0.144. The fraction of sp³-hybridized carbons (Fsp3) is 0.583. The maximum absolute atomic E-state index is 13.4. The lowest BCUT2D eigenvalue weighted by Crippen LogP contribution is -2.33. The summed E-state index contributed by atoms with van der Waals surface area (Å²) < 4.78 is 39.1. The van der Waals surface area contributed by atoms with Crippen LogP contribution < -0.4 is 5.32 Å². The highest BCUT2D eigenvalue weighted by Crippen LogP contribution is 2.23. The van der Waals surface area contributed by atoms with E-state index in [2.05, 4.69) is 10.3 Å². The third-order valence-electron chi connectivity index (χ3n) is 3.19. The van der Waals surface area contributed by atoms with E-state index in [1.54, 1.807) is 0 Å². The van der Waals surface area contributed by atoms with Crippen LogP contribution >= 0.6 is 0 Å². The minimum Gasteiger partial charge on any atom is -0.391 e. The van der Waals surface area contributed by atoms with Gasteiger partial charge in [-0.05, 0) is 12.8 Å². The largest absolute Gasteiger partial charge is 0.391 e. The predicted molar refractivity (Wildman–Crippen MR) is 60.6 cm³/mol. The molecule has 0 radical (unpaired) electrons. The number of aromatic nitrogens is 1. The second kappa shape index (κ2) is 5.56. The predicted octanol–water partition coefficient (Wildman–Crippen LogP) is 2.60. The van der Waals surface area contributed by atoms with Gasteiger partial charge in [0.1, 0.15) is 0 Å². The molecule has 1 aliphatic carbocycles. The molecule has 0 bridgehead atoms. The second-order valence-electron chi connectivity index (χ2n) is 4.55. The monoisotopic (exact) mass is 260 g/mol. The summed E-state index contributed by atoms with van der Waals surface area (Å²) in [4.78, 5) is 3.19. The number of hydrogen-bond acceptors (Lipinski definition) is 3. The number of anilines is 1. The van der Waals surface area contributed by atoms with Crippen molar-refractivity contribution in [2.75, 3.05) is 5.32 Å². The summed E-state index contributed by atoms with van der Waals surface area (Å²) in [5.41, 5.74) is 0. The zero-order chi connectivity index (χ0) is 13.1. The van der Waals surface area contributed by atoms with Crippen molar-refractivity contribution < 1.29 is 18.3 Å². The van der Waals surface area contributed by atoms with Crippen LogP contribution in [-0.2, 0) is 0 Å². The second-order valence-corrected chi connectivity index (χ2v) is 4.55. The van der Waals surface area contributed by atoms with Crippen molar-refractivity contribution in [2.24, 2.45) is 0 Å². The summed E-state index contributed by atoms with van der Waals surface area (Å²) in [5.74, 6) is -3.97. The molecule has 1 aliphatic rings. The van der Waals surface area contributed by atoms with Gasteiger partial charge in [0.15, 0.2) is 17.5 Å². The van der Waals surface area contributed by atoms with Crippen LogP contribution in [0.1, 0.15) is 32.1 Å². The maximum Gasteiger partial charge on any atom is 0.251 e. The van der Waals surface area contributed by atoms with Crippen LogP contribution in [0.5, 0.6) is 0 Å². The fourth-order valence-corrected chi connectivity index (χ4v) is 2.18. The number of aliphatic hydroxyl groups excluding tert-OH is 1. The molecule has 0 aromatic carbocycles. The molecule has 0 aliphatic heterocycles. The summed E-state index contributed by atoms with van der Waals surface area (Å²) in [6, 6.07) is 0.0765. The Bertz CT molecular complexity index is 428. The minimum absolute atomic E-state index is 0.347. The topological polar surface area (TPSA) is 45.1 Å². The lowest BCUT2D eigenvalue weighted by Gasteiger charge is -2.22. The first-order chi connectivity index (χ1) is 8.58. The van der Waals surface area contributed by atoms with Crippen molar-refractivity contribution in [3.8, 4) is 0 Å². The van der Waals surface area contributed by atoms with Crippen molar-refractivity contribution in [1.82, 2.24) is 4.98 Å². The molecule has 2 atom stereocenters. The van der Waals surface area contributed by atoms with Gasteiger partial charge in [-0.2, -0.15) is 9.37 Å². The van der Waals surface area contributed by atoms with E-state index in [0.29, 0.717) is 18.9 Å². The minimum atomic E-state index is -1.35. The van der Waals surface area contributed by atoms with E-state index in [-0.39, 0.29) is 11.9 Å². The highest BCUT2D eigenvalue weighted by molar-refractivity contribution is 5.37. The van der Waals surface area contributed by atoms with E-state index >= 15 is 0 Å². The Morgan fingerprint density at radius 1 is 1.11 bits per heavy atom. The zero-order valence-electron chi connectivity index (χ0n) is 9.80. The Kier molecular flexibility index (Phi) is 4.06. The number of pyridine rings is 1. The molecule has 0 amide bonds. The average molecular weight is 260 g/mol. The smallest absolute Gasteiger partial charge is 0.251 e. The fourth-order valence-electron chi connectivity index (χ4n) is 2.18. The van der Waals surface area contributed by atoms with E-state index in [1.807, 2.05) is 0 Å². The molecule has 0 saturated heterocycles.